The van der Waals surface area contributed by atoms with Gasteiger partial charge in [-0.05, 0) is 36.8 Å². The standard InChI is InChI=1S/C17H25N5O3S/c1-17(12-6-8-13(25-4)9-7-12)14(23)22(16(24)19-17)20-15(26)18-10-5-11-21(2)3/h6-9H,5,10-11H2,1-4H3,(H,19,24)(H2,18,20,26)/p+1/t17-/m1/s1. The van der Waals surface area contributed by atoms with E-state index in [0.717, 1.165) is 18.0 Å². The van der Waals surface area contributed by atoms with E-state index in [4.69, 9.17) is 17.0 Å². The Morgan fingerprint density at radius 1 is 1.31 bits per heavy atom. The van der Waals surface area contributed by atoms with Crippen LogP contribution < -0.4 is 25.7 Å². The first-order valence-corrected chi connectivity index (χ1v) is 8.83. The summed E-state index contributed by atoms with van der Waals surface area (Å²) in [5, 5.41) is 6.87. The first-order valence-electron chi connectivity index (χ1n) is 8.42. The van der Waals surface area contributed by atoms with Crippen LogP contribution in [0.5, 0.6) is 5.75 Å². The van der Waals surface area contributed by atoms with Crippen LogP contribution in [0.1, 0.15) is 18.9 Å². The number of rotatable bonds is 7. The number of nitrogens with one attached hydrogen (secondary N) is 4. The summed E-state index contributed by atoms with van der Waals surface area (Å²) in [6.45, 7) is 3.32. The topological polar surface area (TPSA) is 87.1 Å². The average Bonchev–Trinajstić information content (AvgIpc) is 2.83. The van der Waals surface area contributed by atoms with E-state index >= 15 is 0 Å². The van der Waals surface area contributed by atoms with E-state index < -0.39 is 17.5 Å². The van der Waals surface area contributed by atoms with Gasteiger partial charge in [0.25, 0.3) is 5.91 Å². The zero-order valence-corrected chi connectivity index (χ0v) is 16.3. The number of imide groups is 1. The Labute approximate surface area is 158 Å². The summed E-state index contributed by atoms with van der Waals surface area (Å²) in [7, 11) is 5.71. The van der Waals surface area contributed by atoms with Crippen molar-refractivity contribution in [1.29, 1.82) is 0 Å². The van der Waals surface area contributed by atoms with Crippen molar-refractivity contribution in [3.8, 4) is 5.75 Å². The van der Waals surface area contributed by atoms with Crippen LogP contribution in [-0.2, 0) is 10.3 Å². The number of quaternary nitrogens is 1. The molecule has 1 saturated heterocycles. The van der Waals surface area contributed by atoms with Crippen LogP contribution in [0.2, 0.25) is 0 Å². The van der Waals surface area contributed by atoms with E-state index in [1.807, 2.05) is 0 Å². The summed E-state index contributed by atoms with van der Waals surface area (Å²) in [4.78, 5) is 26.4. The molecular formula is C17H26N5O3S+. The van der Waals surface area contributed by atoms with Crippen LogP contribution in [-0.4, -0.2) is 56.4 Å². The maximum atomic E-state index is 12.8. The molecule has 1 aromatic rings. The highest BCUT2D eigenvalue weighted by atomic mass is 32.1. The molecule has 4 N–H and O–H groups in total. The summed E-state index contributed by atoms with van der Waals surface area (Å²) in [5.41, 5.74) is 2.17. The number of hydrogen-bond donors (Lipinski definition) is 4. The van der Waals surface area contributed by atoms with Crippen molar-refractivity contribution < 1.29 is 19.2 Å². The lowest BCUT2D eigenvalue weighted by molar-refractivity contribution is -0.858. The van der Waals surface area contributed by atoms with Crippen LogP contribution in [0.15, 0.2) is 24.3 Å². The van der Waals surface area contributed by atoms with Gasteiger partial charge in [-0.15, -0.1) is 0 Å². The summed E-state index contributed by atoms with van der Waals surface area (Å²) in [6.07, 6.45) is 0.924. The zero-order valence-electron chi connectivity index (χ0n) is 15.5. The number of ether oxygens (including phenoxy) is 1. The van der Waals surface area contributed by atoms with E-state index in [-0.39, 0.29) is 5.11 Å². The predicted octanol–water partition coefficient (Wildman–Crippen LogP) is -0.624. The van der Waals surface area contributed by atoms with Gasteiger partial charge in [-0.25, -0.2) is 4.79 Å². The second-order valence-electron chi connectivity index (χ2n) is 6.60. The van der Waals surface area contributed by atoms with Crippen molar-refractivity contribution in [1.82, 2.24) is 21.1 Å². The number of benzene rings is 1. The third-order valence-corrected chi connectivity index (χ3v) is 4.45. The molecule has 0 bridgehead atoms. The predicted molar refractivity (Wildman–Crippen MR) is 102 cm³/mol. The van der Waals surface area contributed by atoms with E-state index in [1.165, 1.54) is 4.90 Å². The minimum absolute atomic E-state index is 0.237. The lowest BCUT2D eigenvalue weighted by Gasteiger charge is -2.23. The minimum Gasteiger partial charge on any atom is -0.497 e. The van der Waals surface area contributed by atoms with Gasteiger partial charge in [-0.3, -0.25) is 10.2 Å². The molecule has 2 rings (SSSR count). The zero-order chi connectivity index (χ0) is 19.3. The first-order chi connectivity index (χ1) is 12.3. The summed E-state index contributed by atoms with van der Waals surface area (Å²) in [5.74, 6) is 0.253. The fourth-order valence-electron chi connectivity index (χ4n) is 2.65. The first kappa shape index (κ1) is 19.9. The van der Waals surface area contributed by atoms with Crippen molar-refractivity contribution in [2.45, 2.75) is 18.9 Å². The number of hydrogen-bond acceptors (Lipinski definition) is 4. The molecule has 0 aromatic heterocycles. The number of methoxy groups -OCH3 is 1. The fourth-order valence-corrected chi connectivity index (χ4v) is 2.84. The van der Waals surface area contributed by atoms with Gasteiger partial charge in [-0.1, -0.05) is 12.1 Å². The van der Waals surface area contributed by atoms with Crippen LogP contribution in [0, 0.1) is 0 Å². The molecule has 9 heteroatoms. The Balaban J connectivity index is 1.99. The van der Waals surface area contributed by atoms with Gasteiger partial charge in [0.2, 0.25) is 0 Å². The van der Waals surface area contributed by atoms with Gasteiger partial charge in [0.15, 0.2) is 5.11 Å². The van der Waals surface area contributed by atoms with Crippen LogP contribution >= 0.6 is 12.2 Å². The lowest BCUT2D eigenvalue weighted by Crippen LogP contribution is -3.05. The number of carbonyl (C=O) groups excluding carboxylic acids is 2. The maximum Gasteiger partial charge on any atom is 0.344 e. The van der Waals surface area contributed by atoms with Gasteiger partial charge in [0, 0.05) is 13.0 Å². The molecule has 0 unspecified atom stereocenters. The lowest BCUT2D eigenvalue weighted by atomic mass is 9.92. The Hall–Kier alpha value is -2.39. The monoisotopic (exact) mass is 380 g/mol. The van der Waals surface area contributed by atoms with Crippen molar-refractivity contribution in [2.75, 3.05) is 34.3 Å². The Kier molecular flexibility index (Phi) is 6.38. The van der Waals surface area contributed by atoms with Crippen molar-refractivity contribution in [3.63, 3.8) is 0 Å². The third-order valence-electron chi connectivity index (χ3n) is 4.21. The number of nitrogens with zero attached hydrogens (tertiary/aromatic N) is 1. The third kappa shape index (κ3) is 4.41. The van der Waals surface area contributed by atoms with E-state index in [0.29, 0.717) is 17.9 Å². The Morgan fingerprint density at radius 3 is 2.54 bits per heavy atom. The van der Waals surface area contributed by atoms with E-state index in [9.17, 15) is 9.59 Å². The minimum atomic E-state index is -1.17. The summed E-state index contributed by atoms with van der Waals surface area (Å²) in [6, 6.07) is 6.45. The van der Waals surface area contributed by atoms with Crippen molar-refractivity contribution in [2.24, 2.45) is 0 Å². The number of carbonyl (C=O) groups is 2. The molecule has 142 valence electrons. The number of thiocarbonyl (C=S) groups is 1. The molecule has 26 heavy (non-hydrogen) atoms. The van der Waals surface area contributed by atoms with Crippen molar-refractivity contribution in [3.05, 3.63) is 29.8 Å². The molecule has 1 aliphatic rings. The largest absolute Gasteiger partial charge is 0.497 e. The smallest absolute Gasteiger partial charge is 0.344 e. The molecule has 0 aliphatic carbocycles. The molecule has 0 radical (unpaired) electrons. The maximum absolute atomic E-state index is 12.8. The second-order valence-corrected chi connectivity index (χ2v) is 7.01. The van der Waals surface area contributed by atoms with Gasteiger partial charge in [-0.2, -0.15) is 5.01 Å². The van der Waals surface area contributed by atoms with Crippen LogP contribution in [0.3, 0.4) is 0 Å². The molecule has 1 fully saturated rings. The van der Waals surface area contributed by atoms with E-state index in [1.54, 1.807) is 38.3 Å². The van der Waals surface area contributed by atoms with Crippen LogP contribution in [0.4, 0.5) is 4.79 Å². The molecule has 3 amide bonds. The molecule has 1 aromatic carbocycles. The van der Waals surface area contributed by atoms with Crippen molar-refractivity contribution >= 4 is 29.3 Å². The molecule has 8 nitrogen and oxygen atoms in total. The normalized spacial score (nSPS) is 19.5. The second kappa shape index (κ2) is 8.33. The molecule has 0 saturated carbocycles. The molecule has 1 heterocycles. The van der Waals surface area contributed by atoms with E-state index in [2.05, 4.69) is 30.2 Å². The SMILES string of the molecule is COc1ccc([C@@]2(C)NC(=O)N(NC(=S)NCCC[NH+](C)C)C2=O)cc1. The molecule has 1 atom stereocenters. The van der Waals surface area contributed by atoms with Gasteiger partial charge in [0.05, 0.1) is 27.7 Å². The highest BCUT2D eigenvalue weighted by Gasteiger charge is 2.49. The highest BCUT2D eigenvalue weighted by molar-refractivity contribution is 7.80. The molecule has 1 aliphatic heterocycles. The number of amides is 3. The Morgan fingerprint density at radius 2 is 1.96 bits per heavy atom. The summed E-state index contributed by atoms with van der Waals surface area (Å²) >= 11 is 5.18. The van der Waals surface area contributed by atoms with Gasteiger partial charge < -0.3 is 20.3 Å². The molecular weight excluding hydrogens is 354 g/mol. The highest BCUT2D eigenvalue weighted by Crippen LogP contribution is 2.29. The van der Waals surface area contributed by atoms with Gasteiger partial charge >= 0.3 is 6.03 Å². The Bertz CT molecular complexity index is 679. The molecule has 0 spiro atoms. The van der Waals surface area contributed by atoms with Crippen LogP contribution in [0.25, 0.3) is 0 Å². The van der Waals surface area contributed by atoms with Gasteiger partial charge in [0.1, 0.15) is 11.3 Å². The summed E-state index contributed by atoms with van der Waals surface area (Å²) < 4.78 is 5.13. The quantitative estimate of drug-likeness (QED) is 0.286. The number of urea groups is 1. The number of hydrazine groups is 1. The average molecular weight is 380 g/mol. The fraction of sp³-hybridized carbons (Fsp3) is 0.471.